The second-order valence-electron chi connectivity index (χ2n) is 5.74. The van der Waals surface area contributed by atoms with E-state index >= 15 is 0 Å². The molecule has 2 N–H and O–H groups in total. The standard InChI is InChI=1S/C16H27ClN2/c1-6-15(18)10-13-9-14(17)7-8-16(13)19(5)12(4)11(2)3/h7-9,11-12,15H,6,10,18H2,1-5H3. The third-order valence-corrected chi connectivity index (χ3v) is 4.24. The van der Waals surface area contributed by atoms with Crippen molar-refractivity contribution in [2.24, 2.45) is 11.7 Å². The quantitative estimate of drug-likeness (QED) is 0.851. The number of hydrogen-bond acceptors (Lipinski definition) is 2. The monoisotopic (exact) mass is 282 g/mol. The number of nitrogens with two attached hydrogens (primary N) is 1. The lowest BCUT2D eigenvalue weighted by Gasteiger charge is -2.32. The van der Waals surface area contributed by atoms with Crippen LogP contribution >= 0.6 is 11.6 Å². The maximum atomic E-state index is 6.13. The van der Waals surface area contributed by atoms with Crippen LogP contribution in [0.15, 0.2) is 18.2 Å². The van der Waals surface area contributed by atoms with E-state index in [4.69, 9.17) is 17.3 Å². The highest BCUT2D eigenvalue weighted by molar-refractivity contribution is 6.30. The number of halogens is 1. The summed E-state index contributed by atoms with van der Waals surface area (Å²) in [6.07, 6.45) is 1.86. The Morgan fingerprint density at radius 1 is 1.26 bits per heavy atom. The number of anilines is 1. The minimum Gasteiger partial charge on any atom is -0.371 e. The molecule has 0 aliphatic heterocycles. The molecule has 0 amide bonds. The van der Waals surface area contributed by atoms with Crippen LogP contribution in [0, 0.1) is 5.92 Å². The average molecular weight is 283 g/mol. The zero-order valence-electron chi connectivity index (χ0n) is 12.8. The molecule has 0 aliphatic rings. The van der Waals surface area contributed by atoms with Gasteiger partial charge in [0.05, 0.1) is 0 Å². The van der Waals surface area contributed by atoms with Crippen molar-refractivity contribution < 1.29 is 0 Å². The third kappa shape index (κ3) is 4.39. The lowest BCUT2D eigenvalue weighted by molar-refractivity contribution is 0.504. The Labute approximate surface area is 122 Å². The van der Waals surface area contributed by atoms with Crippen molar-refractivity contribution in [1.82, 2.24) is 0 Å². The average Bonchev–Trinajstić information content (AvgIpc) is 2.37. The smallest absolute Gasteiger partial charge is 0.0410 e. The van der Waals surface area contributed by atoms with E-state index in [0.717, 1.165) is 17.9 Å². The largest absolute Gasteiger partial charge is 0.371 e. The van der Waals surface area contributed by atoms with Gasteiger partial charge in [-0.1, -0.05) is 32.4 Å². The van der Waals surface area contributed by atoms with E-state index < -0.39 is 0 Å². The lowest BCUT2D eigenvalue weighted by atomic mass is 9.99. The van der Waals surface area contributed by atoms with Crippen LogP contribution in [0.1, 0.15) is 39.7 Å². The molecule has 0 saturated carbocycles. The molecule has 0 aliphatic carbocycles. The first-order valence-electron chi connectivity index (χ1n) is 7.13. The Morgan fingerprint density at radius 2 is 1.89 bits per heavy atom. The number of hydrogen-bond donors (Lipinski definition) is 1. The van der Waals surface area contributed by atoms with Crippen molar-refractivity contribution >= 4 is 17.3 Å². The van der Waals surface area contributed by atoms with E-state index in [-0.39, 0.29) is 6.04 Å². The highest BCUT2D eigenvalue weighted by atomic mass is 35.5. The minimum atomic E-state index is 0.194. The second-order valence-corrected chi connectivity index (χ2v) is 6.18. The van der Waals surface area contributed by atoms with Gasteiger partial charge in [0.2, 0.25) is 0 Å². The van der Waals surface area contributed by atoms with E-state index in [9.17, 15) is 0 Å². The van der Waals surface area contributed by atoms with Crippen LogP contribution in [0.5, 0.6) is 0 Å². The van der Waals surface area contributed by atoms with E-state index in [0.29, 0.717) is 12.0 Å². The molecule has 2 unspecified atom stereocenters. The molecule has 0 bridgehead atoms. The van der Waals surface area contributed by atoms with Gasteiger partial charge < -0.3 is 10.6 Å². The van der Waals surface area contributed by atoms with Crippen LogP contribution in [-0.2, 0) is 6.42 Å². The van der Waals surface area contributed by atoms with Gasteiger partial charge in [0.1, 0.15) is 0 Å². The lowest BCUT2D eigenvalue weighted by Crippen LogP contribution is -2.34. The molecule has 1 rings (SSSR count). The SMILES string of the molecule is CCC(N)Cc1cc(Cl)ccc1N(C)C(C)C(C)C. The summed E-state index contributed by atoms with van der Waals surface area (Å²) < 4.78 is 0. The maximum absolute atomic E-state index is 6.13. The van der Waals surface area contributed by atoms with Crippen molar-refractivity contribution in [3.05, 3.63) is 28.8 Å². The molecule has 0 heterocycles. The Hall–Kier alpha value is -0.730. The van der Waals surface area contributed by atoms with Gasteiger partial charge in [0.15, 0.2) is 0 Å². The Morgan fingerprint density at radius 3 is 2.42 bits per heavy atom. The predicted octanol–water partition coefficient (Wildman–Crippen LogP) is 4.10. The van der Waals surface area contributed by atoms with Crippen molar-refractivity contribution in [3.63, 3.8) is 0 Å². The van der Waals surface area contributed by atoms with Gasteiger partial charge in [-0.15, -0.1) is 0 Å². The van der Waals surface area contributed by atoms with E-state index in [2.05, 4.69) is 51.8 Å². The summed E-state index contributed by atoms with van der Waals surface area (Å²) in [5, 5.41) is 0.785. The third-order valence-electron chi connectivity index (χ3n) is 4.00. The zero-order valence-corrected chi connectivity index (χ0v) is 13.5. The molecule has 1 aromatic carbocycles. The van der Waals surface area contributed by atoms with Crippen LogP contribution in [-0.4, -0.2) is 19.1 Å². The summed E-state index contributed by atoms with van der Waals surface area (Å²) in [7, 11) is 2.15. The van der Waals surface area contributed by atoms with Crippen LogP contribution in [0.2, 0.25) is 5.02 Å². The molecule has 0 spiro atoms. The van der Waals surface area contributed by atoms with Gasteiger partial charge in [-0.2, -0.15) is 0 Å². The van der Waals surface area contributed by atoms with Crippen LogP contribution < -0.4 is 10.6 Å². The van der Waals surface area contributed by atoms with E-state index in [1.807, 2.05) is 6.07 Å². The first-order valence-corrected chi connectivity index (χ1v) is 7.51. The van der Waals surface area contributed by atoms with Crippen molar-refractivity contribution in [3.8, 4) is 0 Å². The van der Waals surface area contributed by atoms with E-state index in [1.54, 1.807) is 0 Å². The van der Waals surface area contributed by atoms with Gasteiger partial charge in [0.25, 0.3) is 0 Å². The summed E-state index contributed by atoms with van der Waals surface area (Å²) in [6, 6.07) is 6.80. The van der Waals surface area contributed by atoms with Crippen molar-refractivity contribution in [2.45, 2.75) is 52.6 Å². The van der Waals surface area contributed by atoms with Gasteiger partial charge in [-0.25, -0.2) is 0 Å². The van der Waals surface area contributed by atoms with Crippen molar-refractivity contribution in [2.75, 3.05) is 11.9 Å². The fraction of sp³-hybridized carbons (Fsp3) is 0.625. The van der Waals surface area contributed by atoms with Gasteiger partial charge >= 0.3 is 0 Å². The Kier molecular flexibility index (Phi) is 6.15. The number of benzene rings is 1. The zero-order chi connectivity index (χ0) is 14.6. The highest BCUT2D eigenvalue weighted by Crippen LogP contribution is 2.27. The molecule has 2 atom stereocenters. The molecule has 2 nitrogen and oxygen atoms in total. The Balaban J connectivity index is 3.05. The fourth-order valence-corrected chi connectivity index (χ4v) is 2.35. The predicted molar refractivity (Wildman–Crippen MR) is 86.1 cm³/mol. The second kappa shape index (κ2) is 7.16. The van der Waals surface area contributed by atoms with Gasteiger partial charge in [-0.3, -0.25) is 0 Å². The van der Waals surface area contributed by atoms with Crippen molar-refractivity contribution in [1.29, 1.82) is 0 Å². The summed E-state index contributed by atoms with van der Waals surface area (Å²) in [4.78, 5) is 2.33. The molecule has 0 fully saturated rings. The Bertz CT molecular complexity index is 404. The molecular formula is C16H27ClN2. The van der Waals surface area contributed by atoms with E-state index in [1.165, 1.54) is 11.3 Å². The first-order chi connectivity index (χ1) is 8.86. The molecule has 3 heteroatoms. The minimum absolute atomic E-state index is 0.194. The first kappa shape index (κ1) is 16.3. The molecule has 0 aromatic heterocycles. The highest BCUT2D eigenvalue weighted by Gasteiger charge is 2.17. The summed E-state index contributed by atoms with van der Waals surface area (Å²) in [5.74, 6) is 0.605. The summed E-state index contributed by atoms with van der Waals surface area (Å²) >= 11 is 6.13. The molecule has 1 aromatic rings. The fourth-order valence-electron chi connectivity index (χ4n) is 2.16. The topological polar surface area (TPSA) is 29.3 Å². The summed E-state index contributed by atoms with van der Waals surface area (Å²) in [6.45, 7) is 8.86. The van der Waals surface area contributed by atoms with Gasteiger partial charge in [-0.05, 0) is 49.4 Å². The number of rotatable bonds is 6. The molecule has 0 saturated heterocycles. The molecule has 0 radical (unpaired) electrons. The maximum Gasteiger partial charge on any atom is 0.0410 e. The summed E-state index contributed by atoms with van der Waals surface area (Å²) in [5.41, 5.74) is 8.59. The molecule has 19 heavy (non-hydrogen) atoms. The normalized spacial score (nSPS) is 14.5. The van der Waals surface area contributed by atoms with Gasteiger partial charge in [0, 0.05) is 29.8 Å². The van der Waals surface area contributed by atoms with Crippen LogP contribution in [0.3, 0.4) is 0 Å². The van der Waals surface area contributed by atoms with Crippen LogP contribution in [0.4, 0.5) is 5.69 Å². The molecule has 108 valence electrons. The van der Waals surface area contributed by atoms with Crippen LogP contribution in [0.25, 0.3) is 0 Å². The molecular weight excluding hydrogens is 256 g/mol. The number of nitrogens with zero attached hydrogens (tertiary/aromatic N) is 1.